The summed E-state index contributed by atoms with van der Waals surface area (Å²) in [6.45, 7) is 2.04. The zero-order valence-electron chi connectivity index (χ0n) is 3.34. The van der Waals surface area contributed by atoms with Gasteiger partial charge < -0.3 is 50.9 Å². The number of hydrogen-bond acceptors (Lipinski definition) is 0. The summed E-state index contributed by atoms with van der Waals surface area (Å²) in [7, 11) is 3.18. The Bertz CT molecular complexity index is 8.75. The van der Waals surface area contributed by atoms with Crippen molar-refractivity contribution in [2.75, 3.05) is 0 Å². The fourth-order valence-electron chi connectivity index (χ4n) is 0. The van der Waals surface area contributed by atoms with Gasteiger partial charge in [-0.3, -0.25) is 0 Å². The SMILES string of the molecule is CC[Si].[Br-].[Br-].[Br-]. The first-order chi connectivity index (χ1) is 1.41. The van der Waals surface area contributed by atoms with Crippen LogP contribution in [0.1, 0.15) is 6.92 Å². The predicted molar refractivity (Wildman–Crippen MR) is 16.2 cm³/mol. The molecular weight excluding hydrogens is 292 g/mol. The molecule has 0 rings (SSSR count). The lowest BCUT2D eigenvalue weighted by molar-refractivity contribution is -0.00100. The quantitative estimate of drug-likeness (QED) is 0.390. The van der Waals surface area contributed by atoms with Crippen LogP contribution in [0.25, 0.3) is 0 Å². The summed E-state index contributed by atoms with van der Waals surface area (Å²) in [4.78, 5) is 0. The third-order valence-corrected chi connectivity index (χ3v) is 0. The van der Waals surface area contributed by atoms with E-state index in [4.69, 9.17) is 0 Å². The molecule has 0 saturated heterocycles. The van der Waals surface area contributed by atoms with Crippen molar-refractivity contribution >= 4 is 10.2 Å². The van der Waals surface area contributed by atoms with Crippen molar-refractivity contribution in [2.45, 2.75) is 13.0 Å². The predicted octanol–water partition coefficient (Wildman–Crippen LogP) is -8.39. The van der Waals surface area contributed by atoms with Crippen molar-refractivity contribution in [2.24, 2.45) is 0 Å². The maximum absolute atomic E-state index is 3.18. The third-order valence-electron chi connectivity index (χ3n) is 0. The minimum absolute atomic E-state index is 0. The minimum Gasteiger partial charge on any atom is -1.00 e. The molecular formula is C2H5Br3Si-3. The van der Waals surface area contributed by atoms with Crippen LogP contribution in [0.3, 0.4) is 0 Å². The molecule has 0 aliphatic carbocycles. The molecule has 0 N–H and O–H groups in total. The first-order valence-electron chi connectivity index (χ1n) is 1.06. The fraction of sp³-hybridized carbons (Fsp3) is 1.00. The molecule has 0 unspecified atom stereocenters. The number of hydrogen-bond donors (Lipinski definition) is 0. The van der Waals surface area contributed by atoms with Crippen molar-refractivity contribution in [3.05, 3.63) is 0 Å². The monoisotopic (exact) mass is 294 g/mol. The molecule has 0 aliphatic heterocycles. The van der Waals surface area contributed by atoms with Crippen LogP contribution < -0.4 is 50.9 Å². The van der Waals surface area contributed by atoms with Gasteiger partial charge in [0.25, 0.3) is 0 Å². The number of rotatable bonds is 0. The summed E-state index contributed by atoms with van der Waals surface area (Å²) >= 11 is 0. The molecule has 0 atom stereocenters. The minimum atomic E-state index is 0. The average molecular weight is 297 g/mol. The standard InChI is InChI=1S/C2H5Si.3BrH/c1-2-3;;;/h2H2,1H3;3*1H/p-3. The summed E-state index contributed by atoms with van der Waals surface area (Å²) < 4.78 is 0. The largest absolute Gasteiger partial charge is 1.00 e. The van der Waals surface area contributed by atoms with Crippen LogP contribution >= 0.6 is 0 Å². The van der Waals surface area contributed by atoms with E-state index in [1.807, 2.05) is 6.92 Å². The molecule has 0 amide bonds. The zero-order chi connectivity index (χ0) is 2.71. The molecule has 41 valence electrons. The lowest BCUT2D eigenvalue weighted by Crippen LogP contribution is -3.00. The highest BCUT2D eigenvalue weighted by Gasteiger charge is 1.37. The second-order valence-corrected chi connectivity index (χ2v) is 1.06. The lowest BCUT2D eigenvalue weighted by Gasteiger charge is -1.46. The lowest BCUT2D eigenvalue weighted by atomic mass is 11.0. The Morgan fingerprint density at radius 3 is 1.17 bits per heavy atom. The van der Waals surface area contributed by atoms with E-state index >= 15 is 0 Å². The summed E-state index contributed by atoms with van der Waals surface area (Å²) in [6.07, 6.45) is 0. The van der Waals surface area contributed by atoms with E-state index in [1.165, 1.54) is 0 Å². The summed E-state index contributed by atoms with van der Waals surface area (Å²) in [6, 6.07) is 1.06. The van der Waals surface area contributed by atoms with Gasteiger partial charge in [-0.2, -0.15) is 0 Å². The first-order valence-corrected chi connectivity index (χ1v) is 1.77. The van der Waals surface area contributed by atoms with Gasteiger partial charge in [0.05, 0.1) is 0 Å². The molecule has 0 nitrogen and oxygen atoms in total. The van der Waals surface area contributed by atoms with Crippen molar-refractivity contribution < 1.29 is 50.9 Å². The number of halogens is 3. The highest BCUT2D eigenvalue weighted by molar-refractivity contribution is 6.08. The van der Waals surface area contributed by atoms with Crippen molar-refractivity contribution in [1.82, 2.24) is 0 Å². The van der Waals surface area contributed by atoms with Gasteiger partial charge in [-0.1, -0.05) is 13.0 Å². The van der Waals surface area contributed by atoms with Gasteiger partial charge >= 0.3 is 0 Å². The Morgan fingerprint density at radius 2 is 1.17 bits per heavy atom. The normalized spacial score (nSPS) is 3.00. The van der Waals surface area contributed by atoms with Gasteiger partial charge in [-0.25, -0.2) is 0 Å². The molecule has 0 spiro atoms. The summed E-state index contributed by atoms with van der Waals surface area (Å²) in [5.41, 5.74) is 0. The Morgan fingerprint density at radius 1 is 1.17 bits per heavy atom. The average Bonchev–Trinajstić information content (AvgIpc) is 0.918. The van der Waals surface area contributed by atoms with Crippen molar-refractivity contribution in [3.8, 4) is 0 Å². The van der Waals surface area contributed by atoms with Gasteiger partial charge in [0, 0.05) is 10.2 Å². The van der Waals surface area contributed by atoms with E-state index in [2.05, 4.69) is 10.2 Å². The van der Waals surface area contributed by atoms with Crippen LogP contribution in [0, 0.1) is 0 Å². The molecule has 0 saturated carbocycles. The maximum atomic E-state index is 3.18. The second-order valence-electron chi connectivity index (χ2n) is 0.354. The highest BCUT2D eigenvalue weighted by atomic mass is 79.9. The molecule has 0 aromatic rings. The molecule has 3 radical (unpaired) electrons. The molecule has 4 heteroatoms. The van der Waals surface area contributed by atoms with Crippen LogP contribution in [-0.4, -0.2) is 10.2 Å². The molecule has 0 bridgehead atoms. The van der Waals surface area contributed by atoms with Crippen molar-refractivity contribution in [3.63, 3.8) is 0 Å². The molecule has 0 fully saturated rings. The van der Waals surface area contributed by atoms with E-state index in [9.17, 15) is 0 Å². The molecule has 0 aromatic carbocycles. The third kappa shape index (κ3) is 44.7. The molecule has 0 aromatic heterocycles. The Hall–Kier alpha value is 1.66. The van der Waals surface area contributed by atoms with E-state index < -0.39 is 0 Å². The Balaban J connectivity index is -0.00000000667. The first kappa shape index (κ1) is 25.4. The maximum Gasteiger partial charge on any atom is 0.0219 e. The molecule has 0 aliphatic rings. The second kappa shape index (κ2) is 30.2. The van der Waals surface area contributed by atoms with Crippen molar-refractivity contribution in [1.29, 1.82) is 0 Å². The van der Waals surface area contributed by atoms with Crippen LogP contribution in [-0.2, 0) is 0 Å². The van der Waals surface area contributed by atoms with Gasteiger partial charge in [0.1, 0.15) is 0 Å². The fourth-order valence-corrected chi connectivity index (χ4v) is 0. The van der Waals surface area contributed by atoms with E-state index in [-0.39, 0.29) is 50.9 Å². The van der Waals surface area contributed by atoms with E-state index in [0.717, 1.165) is 6.04 Å². The van der Waals surface area contributed by atoms with Gasteiger partial charge in [0.15, 0.2) is 0 Å². The van der Waals surface area contributed by atoms with Gasteiger partial charge in [-0.15, -0.1) is 0 Å². The molecule has 0 heterocycles. The smallest absolute Gasteiger partial charge is 0.0219 e. The van der Waals surface area contributed by atoms with Crippen LogP contribution in [0.15, 0.2) is 0 Å². The Kier molecular flexibility index (Phi) is 128. The van der Waals surface area contributed by atoms with Crippen LogP contribution in [0.5, 0.6) is 0 Å². The topological polar surface area (TPSA) is 0 Å². The molecule has 6 heavy (non-hydrogen) atoms. The summed E-state index contributed by atoms with van der Waals surface area (Å²) in [5.74, 6) is 0. The Labute approximate surface area is 73.8 Å². The van der Waals surface area contributed by atoms with Gasteiger partial charge in [-0.05, 0) is 0 Å². The van der Waals surface area contributed by atoms with E-state index in [0.29, 0.717) is 0 Å². The zero-order valence-corrected chi connectivity index (χ0v) is 9.10. The van der Waals surface area contributed by atoms with Crippen LogP contribution in [0.4, 0.5) is 0 Å². The highest BCUT2D eigenvalue weighted by Crippen LogP contribution is 1.49. The van der Waals surface area contributed by atoms with Gasteiger partial charge in [0.2, 0.25) is 0 Å². The summed E-state index contributed by atoms with van der Waals surface area (Å²) in [5, 5.41) is 0. The van der Waals surface area contributed by atoms with Crippen LogP contribution in [0.2, 0.25) is 6.04 Å². The van der Waals surface area contributed by atoms with E-state index in [1.54, 1.807) is 0 Å².